The van der Waals surface area contributed by atoms with E-state index in [1.165, 1.54) is 32.1 Å². The molecule has 0 radical (unpaired) electrons. The molecule has 1 aliphatic heterocycles. The van der Waals surface area contributed by atoms with Crippen LogP contribution < -0.4 is 10.5 Å². The first kappa shape index (κ1) is 18.7. The second-order valence-corrected chi connectivity index (χ2v) is 7.96. The number of imidazole rings is 1. The van der Waals surface area contributed by atoms with Gasteiger partial charge in [-0.25, -0.2) is 9.37 Å². The maximum atomic E-state index is 15.0. The van der Waals surface area contributed by atoms with Crippen LogP contribution in [0, 0.1) is 11.7 Å². The van der Waals surface area contributed by atoms with Gasteiger partial charge in [-0.2, -0.15) is 0 Å². The van der Waals surface area contributed by atoms with Gasteiger partial charge < -0.3 is 20.2 Å². The number of nitrogens with two attached hydrogens (primary N) is 1. The number of ether oxygens (including phenoxy) is 2. The highest BCUT2D eigenvalue weighted by atomic mass is 19.1. The van der Waals surface area contributed by atoms with E-state index in [-0.39, 0.29) is 17.9 Å². The van der Waals surface area contributed by atoms with E-state index < -0.39 is 5.82 Å². The summed E-state index contributed by atoms with van der Waals surface area (Å²) in [7, 11) is 0. The molecule has 1 saturated heterocycles. The van der Waals surface area contributed by atoms with Gasteiger partial charge in [0.25, 0.3) is 0 Å². The van der Waals surface area contributed by atoms with Crippen molar-refractivity contribution in [2.75, 3.05) is 13.2 Å². The van der Waals surface area contributed by atoms with Crippen molar-refractivity contribution in [3.63, 3.8) is 0 Å². The summed E-state index contributed by atoms with van der Waals surface area (Å²) in [5.41, 5.74) is 7.54. The molecule has 1 atom stereocenters. The third kappa shape index (κ3) is 4.27. The van der Waals surface area contributed by atoms with E-state index in [0.29, 0.717) is 36.0 Å². The lowest BCUT2D eigenvalue weighted by Crippen LogP contribution is -2.26. The number of halogens is 1. The van der Waals surface area contributed by atoms with Crippen molar-refractivity contribution in [1.82, 2.24) is 9.97 Å². The van der Waals surface area contributed by atoms with Crippen LogP contribution >= 0.6 is 0 Å². The summed E-state index contributed by atoms with van der Waals surface area (Å²) in [6, 6.07) is 3.36. The lowest BCUT2D eigenvalue weighted by molar-refractivity contribution is 0.0241. The zero-order chi connectivity index (χ0) is 18.6. The molecule has 0 amide bonds. The largest absolute Gasteiger partial charge is 0.487 e. The second-order valence-electron chi connectivity index (χ2n) is 7.96. The average Bonchev–Trinajstić information content (AvgIpc) is 3.09. The van der Waals surface area contributed by atoms with Crippen LogP contribution in [-0.2, 0) is 4.74 Å². The molecular weight excluding hydrogens is 345 g/mol. The Hall–Kier alpha value is -1.66. The van der Waals surface area contributed by atoms with Crippen LogP contribution in [0.1, 0.15) is 69.7 Å². The molecule has 0 bridgehead atoms. The van der Waals surface area contributed by atoms with Gasteiger partial charge in [-0.3, -0.25) is 0 Å². The highest BCUT2D eigenvalue weighted by Crippen LogP contribution is 2.33. The van der Waals surface area contributed by atoms with E-state index in [0.717, 1.165) is 25.7 Å². The summed E-state index contributed by atoms with van der Waals surface area (Å²) >= 11 is 0. The number of rotatable bonds is 4. The van der Waals surface area contributed by atoms with E-state index in [9.17, 15) is 4.39 Å². The molecule has 1 unspecified atom stereocenters. The predicted molar refractivity (Wildman–Crippen MR) is 103 cm³/mol. The number of nitrogens with one attached hydrogen (secondary N) is 1. The van der Waals surface area contributed by atoms with Gasteiger partial charge in [0.1, 0.15) is 17.4 Å². The predicted octanol–water partition coefficient (Wildman–Crippen LogP) is 4.62. The molecule has 1 aromatic heterocycles. The number of aromatic nitrogens is 2. The van der Waals surface area contributed by atoms with Gasteiger partial charge in [0.2, 0.25) is 0 Å². The van der Waals surface area contributed by atoms with E-state index in [2.05, 4.69) is 9.97 Å². The minimum absolute atomic E-state index is 0.00120. The molecule has 3 N–H and O–H groups in total. The maximum absolute atomic E-state index is 15.0. The highest BCUT2D eigenvalue weighted by Gasteiger charge is 2.25. The molecule has 0 spiro atoms. The lowest BCUT2D eigenvalue weighted by Gasteiger charge is -2.24. The third-order valence-corrected chi connectivity index (χ3v) is 6.01. The Bertz CT molecular complexity index is 749. The van der Waals surface area contributed by atoms with Crippen molar-refractivity contribution in [2.24, 2.45) is 11.7 Å². The van der Waals surface area contributed by atoms with E-state index in [4.69, 9.17) is 15.2 Å². The SMILES string of the molecule is NC(c1nc2c(F)c(OC3CCOCC3)ccc2[nH]1)C1CCCCCCC1. The molecule has 4 rings (SSSR count). The van der Waals surface area contributed by atoms with Gasteiger partial charge in [0.15, 0.2) is 11.6 Å². The molecule has 148 valence electrons. The van der Waals surface area contributed by atoms with Crippen molar-refractivity contribution in [1.29, 1.82) is 0 Å². The Morgan fingerprint density at radius 1 is 1.07 bits per heavy atom. The average molecular weight is 375 g/mol. The maximum Gasteiger partial charge on any atom is 0.192 e. The summed E-state index contributed by atoms with van der Waals surface area (Å²) in [5, 5.41) is 0. The molecule has 5 nitrogen and oxygen atoms in total. The van der Waals surface area contributed by atoms with Gasteiger partial charge >= 0.3 is 0 Å². The van der Waals surface area contributed by atoms with E-state index in [1.54, 1.807) is 6.07 Å². The third-order valence-electron chi connectivity index (χ3n) is 6.01. The van der Waals surface area contributed by atoms with Gasteiger partial charge in [-0.1, -0.05) is 32.1 Å². The Balaban J connectivity index is 1.53. The van der Waals surface area contributed by atoms with Crippen molar-refractivity contribution >= 4 is 11.0 Å². The molecule has 1 saturated carbocycles. The van der Waals surface area contributed by atoms with Gasteiger partial charge in [0, 0.05) is 12.8 Å². The molecule has 27 heavy (non-hydrogen) atoms. The number of aromatic amines is 1. The first-order valence-electron chi connectivity index (χ1n) is 10.4. The van der Waals surface area contributed by atoms with Gasteiger partial charge in [-0.05, 0) is 30.9 Å². The number of H-pyrrole nitrogens is 1. The fraction of sp³-hybridized carbons (Fsp3) is 0.667. The topological polar surface area (TPSA) is 73.2 Å². The summed E-state index contributed by atoms with van der Waals surface area (Å²) < 4.78 is 26.2. The molecule has 2 aromatic rings. The molecule has 2 heterocycles. The molecule has 2 fully saturated rings. The van der Waals surface area contributed by atoms with Crippen LogP contribution in [0.5, 0.6) is 5.75 Å². The number of benzene rings is 1. The standard InChI is InChI=1S/C21H30FN3O2/c22-18-17(27-15-10-12-26-13-11-15)9-8-16-20(18)25-21(24-16)19(23)14-6-4-2-1-3-5-7-14/h8-9,14-15,19H,1-7,10-13,23H2,(H,24,25). The Morgan fingerprint density at radius 3 is 2.52 bits per heavy atom. The number of fused-ring (bicyclic) bond motifs is 1. The second kappa shape index (κ2) is 8.57. The normalized spacial score (nSPS) is 21.7. The number of hydrogen-bond donors (Lipinski definition) is 2. The molecule has 1 aliphatic carbocycles. The number of nitrogens with zero attached hydrogens (tertiary/aromatic N) is 1. The summed E-state index contributed by atoms with van der Waals surface area (Å²) in [6.45, 7) is 1.33. The monoisotopic (exact) mass is 375 g/mol. The van der Waals surface area contributed by atoms with E-state index in [1.807, 2.05) is 6.07 Å². The first-order valence-corrected chi connectivity index (χ1v) is 10.4. The minimum atomic E-state index is -0.397. The smallest absolute Gasteiger partial charge is 0.192 e. The van der Waals surface area contributed by atoms with Crippen molar-refractivity contribution in [2.45, 2.75) is 69.9 Å². The first-order chi connectivity index (χ1) is 13.2. The minimum Gasteiger partial charge on any atom is -0.487 e. The zero-order valence-corrected chi connectivity index (χ0v) is 15.9. The van der Waals surface area contributed by atoms with Crippen LogP contribution in [0.25, 0.3) is 11.0 Å². The van der Waals surface area contributed by atoms with Crippen molar-refractivity contribution in [3.05, 3.63) is 23.8 Å². The van der Waals surface area contributed by atoms with Crippen molar-refractivity contribution < 1.29 is 13.9 Å². The van der Waals surface area contributed by atoms with Crippen LogP contribution in [0.3, 0.4) is 0 Å². The zero-order valence-electron chi connectivity index (χ0n) is 15.9. The van der Waals surface area contributed by atoms with Crippen LogP contribution in [0.2, 0.25) is 0 Å². The van der Waals surface area contributed by atoms with E-state index >= 15 is 0 Å². The summed E-state index contributed by atoms with van der Waals surface area (Å²) in [5.74, 6) is 0.975. The fourth-order valence-electron chi connectivity index (χ4n) is 4.33. The van der Waals surface area contributed by atoms with Crippen LogP contribution in [0.15, 0.2) is 12.1 Å². The molecule has 2 aliphatic rings. The van der Waals surface area contributed by atoms with Crippen LogP contribution in [0.4, 0.5) is 4.39 Å². The summed E-state index contributed by atoms with van der Waals surface area (Å²) in [6.07, 6.45) is 10.2. The van der Waals surface area contributed by atoms with Gasteiger partial charge in [-0.15, -0.1) is 0 Å². The molecular formula is C21H30FN3O2. The Morgan fingerprint density at radius 2 is 1.78 bits per heavy atom. The Labute approximate surface area is 159 Å². The Kier molecular flexibility index (Phi) is 5.93. The number of hydrogen-bond acceptors (Lipinski definition) is 4. The quantitative estimate of drug-likeness (QED) is 0.818. The molecule has 1 aromatic carbocycles. The highest BCUT2D eigenvalue weighted by molar-refractivity contribution is 5.77. The lowest BCUT2D eigenvalue weighted by atomic mass is 9.86. The van der Waals surface area contributed by atoms with Gasteiger partial charge in [0.05, 0.1) is 24.8 Å². The summed E-state index contributed by atoms with van der Waals surface area (Å²) in [4.78, 5) is 7.78. The fourth-order valence-corrected chi connectivity index (χ4v) is 4.33. The van der Waals surface area contributed by atoms with Crippen LogP contribution in [-0.4, -0.2) is 29.3 Å². The van der Waals surface area contributed by atoms with Crippen molar-refractivity contribution in [3.8, 4) is 5.75 Å². The molecule has 6 heteroatoms.